The van der Waals surface area contributed by atoms with Crippen molar-refractivity contribution in [2.75, 3.05) is 0 Å². The lowest BCUT2D eigenvalue weighted by atomic mass is 9.96. The number of benzene rings is 1. The average Bonchev–Trinajstić information content (AvgIpc) is 3.25. The van der Waals surface area contributed by atoms with Gasteiger partial charge in [0.05, 0.1) is 16.8 Å². The zero-order chi connectivity index (χ0) is 21.4. The predicted octanol–water partition coefficient (Wildman–Crippen LogP) is 5.70. The van der Waals surface area contributed by atoms with Gasteiger partial charge in [0.25, 0.3) is 11.8 Å². The van der Waals surface area contributed by atoms with Crippen LogP contribution in [0, 0.1) is 5.92 Å². The monoisotopic (exact) mass is 402 g/mol. The molecule has 1 aromatic carbocycles. The summed E-state index contributed by atoms with van der Waals surface area (Å²) in [5.41, 5.74) is 7.72. The molecule has 1 aromatic heterocycles. The molecule has 0 fully saturated rings. The molecule has 1 atom stereocenters. The first-order valence-corrected chi connectivity index (χ1v) is 11.1. The van der Waals surface area contributed by atoms with Gasteiger partial charge in [-0.05, 0) is 62.6 Å². The number of H-pyrrole nitrogens is 1. The summed E-state index contributed by atoms with van der Waals surface area (Å²) in [6.45, 7) is 8.62. The highest BCUT2D eigenvalue weighted by Crippen LogP contribution is 2.38. The summed E-state index contributed by atoms with van der Waals surface area (Å²) < 4.78 is 0. The van der Waals surface area contributed by atoms with Crippen LogP contribution in [0.15, 0.2) is 42.0 Å². The summed E-state index contributed by atoms with van der Waals surface area (Å²) in [6, 6.07) is 7.15. The molecule has 0 bridgehead atoms. The molecule has 4 heteroatoms. The van der Waals surface area contributed by atoms with Crippen molar-refractivity contribution >= 4 is 17.5 Å². The van der Waals surface area contributed by atoms with Crippen LogP contribution in [-0.4, -0.2) is 21.7 Å². The SMILES string of the molecule is CCc1[nH]c2c(c1CC)C(N1C(=O)c3ccccc3C1=O)=CC(CC)C=C(C)CC2. The van der Waals surface area contributed by atoms with Gasteiger partial charge in [-0.25, -0.2) is 4.90 Å². The van der Waals surface area contributed by atoms with Gasteiger partial charge in [0.1, 0.15) is 0 Å². The van der Waals surface area contributed by atoms with E-state index < -0.39 is 0 Å². The summed E-state index contributed by atoms with van der Waals surface area (Å²) in [6.07, 6.45) is 8.96. The molecule has 2 aromatic rings. The number of amides is 2. The van der Waals surface area contributed by atoms with E-state index in [1.165, 1.54) is 21.7 Å². The van der Waals surface area contributed by atoms with Crippen molar-refractivity contribution in [3.05, 3.63) is 75.6 Å². The van der Waals surface area contributed by atoms with Crippen LogP contribution < -0.4 is 0 Å². The predicted molar refractivity (Wildman–Crippen MR) is 120 cm³/mol. The maximum Gasteiger partial charge on any atom is 0.266 e. The number of nitrogens with zero attached hydrogens (tertiary/aromatic N) is 1. The van der Waals surface area contributed by atoms with Gasteiger partial charge in [-0.15, -0.1) is 0 Å². The lowest BCUT2D eigenvalue weighted by Gasteiger charge is -2.22. The van der Waals surface area contributed by atoms with Gasteiger partial charge in [-0.3, -0.25) is 9.59 Å². The lowest BCUT2D eigenvalue weighted by Crippen LogP contribution is -2.29. The van der Waals surface area contributed by atoms with Crippen molar-refractivity contribution in [2.45, 2.75) is 59.8 Å². The standard InChI is InChI=1S/C26H30N2O2/c1-5-17-14-16(4)12-13-22-24(18(6-2)21(7-3)27-22)23(15-17)28-25(29)19-10-8-9-11-20(19)26(28)30/h8-11,14-15,17,27H,5-7,12-13H2,1-4H3. The third-order valence-electron chi connectivity index (χ3n) is 6.38. The molecule has 1 N–H and O–H groups in total. The molecule has 4 rings (SSSR count). The average molecular weight is 403 g/mol. The number of aromatic amines is 1. The fraction of sp³-hybridized carbons (Fsp3) is 0.385. The van der Waals surface area contributed by atoms with E-state index in [1.807, 2.05) is 12.1 Å². The molecule has 4 nitrogen and oxygen atoms in total. The van der Waals surface area contributed by atoms with Crippen molar-refractivity contribution in [2.24, 2.45) is 5.92 Å². The first kappa shape index (κ1) is 20.4. The van der Waals surface area contributed by atoms with Crippen LogP contribution in [0.1, 0.15) is 83.8 Å². The second kappa shape index (κ2) is 8.10. The van der Waals surface area contributed by atoms with Gasteiger partial charge in [0.15, 0.2) is 0 Å². The second-order valence-corrected chi connectivity index (χ2v) is 8.27. The molecule has 0 radical (unpaired) electrons. The first-order chi connectivity index (χ1) is 14.5. The number of fused-ring (bicyclic) bond motifs is 2. The van der Waals surface area contributed by atoms with E-state index in [2.05, 4.69) is 44.8 Å². The fourth-order valence-corrected chi connectivity index (χ4v) is 4.78. The Morgan fingerprint density at radius 3 is 2.20 bits per heavy atom. The van der Waals surface area contributed by atoms with Gasteiger partial charge >= 0.3 is 0 Å². The van der Waals surface area contributed by atoms with Crippen LogP contribution in [0.3, 0.4) is 0 Å². The zero-order valence-electron chi connectivity index (χ0n) is 18.3. The maximum atomic E-state index is 13.4. The number of aryl methyl sites for hydroxylation is 2. The Morgan fingerprint density at radius 1 is 0.967 bits per heavy atom. The van der Waals surface area contributed by atoms with E-state index in [-0.39, 0.29) is 17.7 Å². The lowest BCUT2D eigenvalue weighted by molar-refractivity contribution is 0.0735. The van der Waals surface area contributed by atoms with E-state index in [4.69, 9.17) is 0 Å². The summed E-state index contributed by atoms with van der Waals surface area (Å²) in [5, 5.41) is 0. The van der Waals surface area contributed by atoms with Crippen molar-refractivity contribution in [1.82, 2.24) is 9.88 Å². The summed E-state index contributed by atoms with van der Waals surface area (Å²) in [5.74, 6) is -0.257. The number of carbonyl (C=O) groups is 2. The largest absolute Gasteiger partial charge is 0.361 e. The number of rotatable bonds is 4. The van der Waals surface area contributed by atoms with Crippen LogP contribution >= 0.6 is 0 Å². The van der Waals surface area contributed by atoms with Crippen LogP contribution in [0.25, 0.3) is 5.70 Å². The van der Waals surface area contributed by atoms with Gasteiger partial charge in [-0.1, -0.05) is 50.6 Å². The van der Waals surface area contributed by atoms with Crippen LogP contribution in [0.5, 0.6) is 0 Å². The fourth-order valence-electron chi connectivity index (χ4n) is 4.78. The molecule has 2 heterocycles. The van der Waals surface area contributed by atoms with Crippen LogP contribution in [-0.2, 0) is 19.3 Å². The highest BCUT2D eigenvalue weighted by molar-refractivity contribution is 6.25. The van der Waals surface area contributed by atoms with Gasteiger partial charge in [0.2, 0.25) is 0 Å². The molecule has 1 unspecified atom stereocenters. The highest BCUT2D eigenvalue weighted by Gasteiger charge is 2.39. The summed E-state index contributed by atoms with van der Waals surface area (Å²) in [4.78, 5) is 31.8. The van der Waals surface area contributed by atoms with E-state index in [9.17, 15) is 9.59 Å². The molecule has 0 saturated carbocycles. The Morgan fingerprint density at radius 2 is 1.63 bits per heavy atom. The molecular formula is C26H30N2O2. The van der Waals surface area contributed by atoms with Gasteiger partial charge in [0, 0.05) is 17.0 Å². The number of carbonyl (C=O) groups excluding carboxylic acids is 2. The quantitative estimate of drug-likeness (QED) is 0.527. The Balaban J connectivity index is 1.97. The zero-order valence-corrected chi connectivity index (χ0v) is 18.3. The molecule has 0 saturated heterocycles. The molecule has 1 aliphatic heterocycles. The summed E-state index contributed by atoms with van der Waals surface area (Å²) >= 11 is 0. The normalized spacial score (nSPS) is 18.9. The number of aromatic nitrogens is 1. The smallest absolute Gasteiger partial charge is 0.266 e. The van der Waals surface area contributed by atoms with Crippen LogP contribution in [0.2, 0.25) is 0 Å². The highest BCUT2D eigenvalue weighted by atomic mass is 16.2. The minimum atomic E-state index is -0.219. The van der Waals surface area contributed by atoms with E-state index in [0.717, 1.165) is 49.1 Å². The number of nitrogens with one attached hydrogen (secondary N) is 1. The van der Waals surface area contributed by atoms with Crippen LogP contribution in [0.4, 0.5) is 0 Å². The van der Waals surface area contributed by atoms with E-state index >= 15 is 0 Å². The minimum Gasteiger partial charge on any atom is -0.361 e. The van der Waals surface area contributed by atoms with E-state index in [1.54, 1.807) is 12.1 Å². The Labute approximate surface area is 178 Å². The first-order valence-electron chi connectivity index (χ1n) is 11.1. The Hall–Kier alpha value is -2.88. The third kappa shape index (κ3) is 3.24. The molecule has 2 aliphatic rings. The molecular weight excluding hydrogens is 372 g/mol. The number of hydrogen-bond acceptors (Lipinski definition) is 2. The molecule has 30 heavy (non-hydrogen) atoms. The van der Waals surface area contributed by atoms with Gasteiger partial charge in [-0.2, -0.15) is 0 Å². The number of imide groups is 1. The Kier molecular flexibility index (Phi) is 5.50. The molecule has 0 spiro atoms. The second-order valence-electron chi connectivity index (χ2n) is 8.27. The molecule has 1 aliphatic carbocycles. The molecule has 2 amide bonds. The van der Waals surface area contributed by atoms with Crippen molar-refractivity contribution < 1.29 is 9.59 Å². The molecule has 156 valence electrons. The number of hydrogen-bond donors (Lipinski definition) is 1. The van der Waals surface area contributed by atoms with E-state index in [0.29, 0.717) is 11.1 Å². The van der Waals surface area contributed by atoms with Gasteiger partial charge < -0.3 is 4.98 Å². The third-order valence-corrected chi connectivity index (χ3v) is 6.38. The minimum absolute atomic E-state index is 0.181. The Bertz CT molecular complexity index is 1040. The van der Waals surface area contributed by atoms with Crippen molar-refractivity contribution in [3.8, 4) is 0 Å². The van der Waals surface area contributed by atoms with Crippen molar-refractivity contribution in [1.29, 1.82) is 0 Å². The number of allylic oxidation sites excluding steroid dienone is 3. The summed E-state index contributed by atoms with van der Waals surface area (Å²) in [7, 11) is 0. The topological polar surface area (TPSA) is 53.2 Å². The van der Waals surface area contributed by atoms with Crippen molar-refractivity contribution in [3.63, 3.8) is 0 Å². The maximum absolute atomic E-state index is 13.4.